The number of carbonyl (C=O) groups excluding carboxylic acids is 1. The van der Waals surface area contributed by atoms with E-state index in [9.17, 15) is 9.59 Å². The molecule has 2 aromatic heterocycles. The van der Waals surface area contributed by atoms with Crippen molar-refractivity contribution >= 4 is 45.9 Å². The van der Waals surface area contributed by atoms with Crippen LogP contribution in [0.15, 0.2) is 46.2 Å². The number of rotatable bonds is 5. The van der Waals surface area contributed by atoms with Gasteiger partial charge in [-0.3, -0.25) is 18.9 Å². The highest BCUT2D eigenvalue weighted by atomic mass is 32.2. The van der Waals surface area contributed by atoms with Crippen molar-refractivity contribution in [1.82, 2.24) is 14.3 Å². The highest BCUT2D eigenvalue weighted by Gasteiger charge is 2.31. The predicted molar refractivity (Wildman–Crippen MR) is 137 cm³/mol. The molecule has 6 nitrogen and oxygen atoms in total. The van der Waals surface area contributed by atoms with Crippen molar-refractivity contribution < 1.29 is 9.53 Å². The number of benzene rings is 1. The maximum absolute atomic E-state index is 13.5. The Bertz CT molecular complexity index is 1380. The number of nitrogens with zero attached hydrogens (tertiary/aromatic N) is 3. The molecule has 1 fully saturated rings. The number of pyridine rings is 1. The van der Waals surface area contributed by atoms with Crippen LogP contribution in [0.25, 0.3) is 11.7 Å². The van der Waals surface area contributed by atoms with Gasteiger partial charge >= 0.3 is 0 Å². The molecule has 0 radical (unpaired) electrons. The number of carbonyl (C=O) groups is 1. The van der Waals surface area contributed by atoms with Gasteiger partial charge in [0.15, 0.2) is 0 Å². The van der Waals surface area contributed by atoms with Crippen molar-refractivity contribution in [2.24, 2.45) is 0 Å². The molecule has 4 rings (SSSR count). The van der Waals surface area contributed by atoms with E-state index < -0.39 is 0 Å². The van der Waals surface area contributed by atoms with Crippen LogP contribution >= 0.6 is 24.0 Å². The van der Waals surface area contributed by atoms with E-state index in [4.69, 9.17) is 21.9 Å². The first-order chi connectivity index (χ1) is 15.7. The Morgan fingerprint density at radius 1 is 1.21 bits per heavy atom. The second kappa shape index (κ2) is 9.11. The summed E-state index contributed by atoms with van der Waals surface area (Å²) in [5, 5.41) is 0. The van der Waals surface area contributed by atoms with Crippen LogP contribution < -0.4 is 10.3 Å². The SMILES string of the molecule is CCN1C(=O)/C(=C\c2c(Oc3cc(C)ccc3C(C)C)nc3c(C)cccn3c2=O)SC1=S. The smallest absolute Gasteiger partial charge is 0.269 e. The second-order valence-electron chi connectivity index (χ2n) is 8.24. The van der Waals surface area contributed by atoms with Gasteiger partial charge in [0.05, 0.1) is 4.91 Å². The van der Waals surface area contributed by atoms with Crippen LogP contribution in [0.1, 0.15) is 48.9 Å². The number of thioether (sulfide) groups is 1. The van der Waals surface area contributed by atoms with Crippen molar-refractivity contribution in [3.8, 4) is 11.6 Å². The number of aromatic nitrogens is 2. The lowest BCUT2D eigenvalue weighted by atomic mass is 10.0. The molecule has 170 valence electrons. The molecule has 1 amide bonds. The third kappa shape index (κ3) is 4.32. The molecular weight excluding hydrogens is 454 g/mol. The van der Waals surface area contributed by atoms with Gasteiger partial charge < -0.3 is 4.74 Å². The molecule has 1 aromatic carbocycles. The quantitative estimate of drug-likeness (QED) is 0.358. The molecule has 1 aliphatic heterocycles. The predicted octanol–water partition coefficient (Wildman–Crippen LogP) is 5.45. The number of fused-ring (bicyclic) bond motifs is 1. The highest BCUT2D eigenvalue weighted by Crippen LogP contribution is 2.35. The van der Waals surface area contributed by atoms with Crippen LogP contribution in [0.4, 0.5) is 0 Å². The summed E-state index contributed by atoms with van der Waals surface area (Å²) < 4.78 is 8.27. The minimum atomic E-state index is -0.306. The summed E-state index contributed by atoms with van der Waals surface area (Å²) in [5.41, 5.74) is 3.31. The Morgan fingerprint density at radius 2 is 1.97 bits per heavy atom. The Balaban J connectivity index is 1.95. The minimum Gasteiger partial charge on any atom is -0.438 e. The van der Waals surface area contributed by atoms with Gasteiger partial charge in [0.1, 0.15) is 21.3 Å². The largest absolute Gasteiger partial charge is 0.438 e. The zero-order valence-electron chi connectivity index (χ0n) is 19.2. The van der Waals surface area contributed by atoms with E-state index in [0.717, 1.165) is 16.7 Å². The first-order valence-electron chi connectivity index (χ1n) is 10.8. The first-order valence-corrected chi connectivity index (χ1v) is 12.0. The van der Waals surface area contributed by atoms with Crippen molar-refractivity contribution in [3.05, 3.63) is 74.0 Å². The molecule has 0 spiro atoms. The molecular formula is C25H25N3O3S2. The average Bonchev–Trinajstić information content (AvgIpc) is 3.03. The van der Waals surface area contributed by atoms with E-state index in [0.29, 0.717) is 27.2 Å². The summed E-state index contributed by atoms with van der Waals surface area (Å²) in [6.07, 6.45) is 3.22. The standard InChI is InChI=1S/C25H25N3O3S2/c1-6-27-24(30)20(33-25(27)32)13-18-22(26-21-16(5)8-7-11-28(21)23(18)29)31-19-12-15(4)9-10-17(19)14(2)3/h7-14H,6H2,1-5H3/b20-13+. The van der Waals surface area contributed by atoms with Crippen molar-refractivity contribution in [2.45, 2.75) is 40.5 Å². The van der Waals surface area contributed by atoms with Crippen LogP contribution in [0, 0.1) is 13.8 Å². The molecule has 0 saturated carbocycles. The number of amides is 1. The van der Waals surface area contributed by atoms with Gasteiger partial charge in [-0.25, -0.2) is 0 Å². The number of aryl methyl sites for hydroxylation is 2. The van der Waals surface area contributed by atoms with Gasteiger partial charge in [0, 0.05) is 12.7 Å². The maximum atomic E-state index is 13.5. The molecule has 3 heterocycles. The van der Waals surface area contributed by atoms with Crippen LogP contribution in [-0.4, -0.2) is 31.1 Å². The summed E-state index contributed by atoms with van der Waals surface area (Å²) in [6, 6.07) is 9.69. The van der Waals surface area contributed by atoms with Crippen molar-refractivity contribution in [3.63, 3.8) is 0 Å². The lowest BCUT2D eigenvalue weighted by Gasteiger charge is -2.16. The fourth-order valence-corrected chi connectivity index (χ4v) is 5.07. The lowest BCUT2D eigenvalue weighted by Crippen LogP contribution is -2.27. The molecule has 0 N–H and O–H groups in total. The molecule has 0 bridgehead atoms. The topological polar surface area (TPSA) is 63.9 Å². The number of thiocarbonyl (C=S) groups is 1. The number of hydrogen-bond acceptors (Lipinski definition) is 6. The highest BCUT2D eigenvalue weighted by molar-refractivity contribution is 8.26. The molecule has 33 heavy (non-hydrogen) atoms. The Kier molecular flexibility index (Phi) is 6.41. The zero-order valence-corrected chi connectivity index (χ0v) is 20.8. The van der Waals surface area contributed by atoms with Gasteiger partial charge in [-0.2, -0.15) is 4.98 Å². The van der Waals surface area contributed by atoms with Crippen LogP contribution in [0.5, 0.6) is 11.6 Å². The van der Waals surface area contributed by atoms with Gasteiger partial charge in [0.2, 0.25) is 5.88 Å². The van der Waals surface area contributed by atoms with Crippen molar-refractivity contribution in [1.29, 1.82) is 0 Å². The van der Waals surface area contributed by atoms with Crippen LogP contribution in [0.3, 0.4) is 0 Å². The number of likely N-dealkylation sites (N-methyl/N-ethyl adjacent to an activating group) is 1. The number of hydrogen-bond donors (Lipinski definition) is 0. The average molecular weight is 480 g/mol. The van der Waals surface area contributed by atoms with E-state index in [2.05, 4.69) is 13.8 Å². The summed E-state index contributed by atoms with van der Waals surface area (Å²) >= 11 is 6.51. The van der Waals surface area contributed by atoms with Gasteiger partial charge in [-0.1, -0.05) is 56.0 Å². The van der Waals surface area contributed by atoms with E-state index in [1.54, 1.807) is 18.3 Å². The third-order valence-electron chi connectivity index (χ3n) is 5.51. The second-order valence-corrected chi connectivity index (χ2v) is 9.92. The fourth-order valence-electron chi connectivity index (χ4n) is 3.71. The minimum absolute atomic E-state index is 0.170. The summed E-state index contributed by atoms with van der Waals surface area (Å²) in [4.78, 5) is 33.0. The normalized spacial score (nSPS) is 15.3. The van der Waals surface area contributed by atoms with Gasteiger partial charge in [-0.05, 0) is 61.6 Å². The van der Waals surface area contributed by atoms with Crippen LogP contribution in [-0.2, 0) is 4.79 Å². The van der Waals surface area contributed by atoms with E-state index in [-0.39, 0.29) is 28.8 Å². The fraction of sp³-hybridized carbons (Fsp3) is 0.280. The molecule has 0 aliphatic carbocycles. The van der Waals surface area contributed by atoms with Crippen LogP contribution in [0.2, 0.25) is 0 Å². The number of ether oxygens (including phenoxy) is 1. The summed E-state index contributed by atoms with van der Waals surface area (Å²) in [7, 11) is 0. The first kappa shape index (κ1) is 23.2. The molecule has 1 aliphatic rings. The van der Waals surface area contributed by atoms with Gasteiger partial charge in [-0.15, -0.1) is 0 Å². The molecule has 3 aromatic rings. The van der Waals surface area contributed by atoms with E-state index in [1.807, 2.05) is 45.0 Å². The summed E-state index contributed by atoms with van der Waals surface area (Å²) in [6.45, 7) is 10.4. The Hall–Kier alpha value is -2.97. The van der Waals surface area contributed by atoms with Crippen molar-refractivity contribution in [2.75, 3.05) is 6.54 Å². The zero-order chi connectivity index (χ0) is 23.9. The summed E-state index contributed by atoms with van der Waals surface area (Å²) in [5.74, 6) is 0.813. The van der Waals surface area contributed by atoms with E-state index in [1.165, 1.54) is 21.1 Å². The Morgan fingerprint density at radius 3 is 2.64 bits per heavy atom. The molecule has 8 heteroatoms. The molecule has 0 unspecified atom stereocenters. The van der Waals surface area contributed by atoms with Gasteiger partial charge in [0.25, 0.3) is 11.5 Å². The van der Waals surface area contributed by atoms with E-state index >= 15 is 0 Å². The Labute approximate surface area is 202 Å². The lowest BCUT2D eigenvalue weighted by molar-refractivity contribution is -0.121. The molecule has 1 saturated heterocycles. The molecule has 0 atom stereocenters. The third-order valence-corrected chi connectivity index (χ3v) is 6.89. The monoisotopic (exact) mass is 479 g/mol. The maximum Gasteiger partial charge on any atom is 0.269 e.